The Balaban J connectivity index is 2.41. The lowest BCUT2D eigenvalue weighted by atomic mass is 10.1. The normalized spacial score (nSPS) is 11.6. The summed E-state index contributed by atoms with van der Waals surface area (Å²) in [5.41, 5.74) is 0.967. The third kappa shape index (κ3) is 4.83. The highest BCUT2D eigenvalue weighted by atomic mass is 32.2. The molecule has 0 unspecified atom stereocenters. The smallest absolute Gasteiger partial charge is 0.280 e. The molecule has 29 heavy (non-hydrogen) atoms. The Morgan fingerprint density at radius 2 is 1.41 bits per heavy atom. The first-order valence-corrected chi connectivity index (χ1v) is 9.88. The van der Waals surface area contributed by atoms with Gasteiger partial charge in [-0.1, -0.05) is 0 Å². The van der Waals surface area contributed by atoms with Crippen molar-refractivity contribution < 1.29 is 32.1 Å². The number of hydrogen-bond donors (Lipinski definition) is 1. The monoisotopic (exact) mass is 424 g/mol. The SMILES string of the molecule is COc1ccc(OC)c(S(=O)(=O)NN=C(C)c2cc(OC)c(OC)c(OC)c2)c1. The van der Waals surface area contributed by atoms with Crippen LogP contribution in [0.3, 0.4) is 0 Å². The van der Waals surface area contributed by atoms with E-state index >= 15 is 0 Å². The molecule has 2 rings (SSSR count). The number of nitrogens with zero attached hydrogens (tertiary/aromatic N) is 1. The molecule has 158 valence electrons. The molecule has 9 nitrogen and oxygen atoms in total. The summed E-state index contributed by atoms with van der Waals surface area (Å²) in [5.74, 6) is 1.81. The van der Waals surface area contributed by atoms with Gasteiger partial charge < -0.3 is 23.7 Å². The summed E-state index contributed by atoms with van der Waals surface area (Å²) in [4.78, 5) is 2.12. The molecule has 2 aromatic rings. The molecule has 1 N–H and O–H groups in total. The van der Waals surface area contributed by atoms with Crippen LogP contribution in [0, 0.1) is 0 Å². The van der Waals surface area contributed by atoms with Crippen molar-refractivity contribution in [3.05, 3.63) is 35.9 Å². The number of hydrazone groups is 1. The molecule has 0 radical (unpaired) electrons. The highest BCUT2D eigenvalue weighted by molar-refractivity contribution is 7.89. The minimum atomic E-state index is -4.01. The fraction of sp³-hybridized carbons (Fsp3) is 0.316. The first-order chi connectivity index (χ1) is 13.8. The molecule has 0 aliphatic heterocycles. The Morgan fingerprint density at radius 3 is 1.90 bits per heavy atom. The number of methoxy groups -OCH3 is 5. The van der Waals surface area contributed by atoms with E-state index in [-0.39, 0.29) is 10.6 Å². The van der Waals surface area contributed by atoms with Crippen molar-refractivity contribution in [1.82, 2.24) is 4.83 Å². The van der Waals surface area contributed by atoms with Crippen LogP contribution in [0.25, 0.3) is 0 Å². The lowest BCUT2D eigenvalue weighted by molar-refractivity contribution is 0.324. The fourth-order valence-electron chi connectivity index (χ4n) is 2.53. The molecule has 0 fully saturated rings. The van der Waals surface area contributed by atoms with Crippen LogP contribution in [0.1, 0.15) is 12.5 Å². The molecule has 0 amide bonds. The molecule has 0 bridgehead atoms. The average Bonchev–Trinajstić information content (AvgIpc) is 2.75. The Bertz CT molecular complexity index is 979. The van der Waals surface area contributed by atoms with Crippen molar-refractivity contribution in [2.24, 2.45) is 5.10 Å². The van der Waals surface area contributed by atoms with E-state index in [9.17, 15) is 8.42 Å². The van der Waals surface area contributed by atoms with Crippen molar-refractivity contribution in [2.75, 3.05) is 35.5 Å². The predicted molar refractivity (Wildman–Crippen MR) is 108 cm³/mol. The molecular formula is C19H24N2O7S. The summed E-state index contributed by atoms with van der Waals surface area (Å²) in [5, 5.41) is 4.01. The van der Waals surface area contributed by atoms with E-state index in [1.807, 2.05) is 0 Å². The molecule has 10 heteroatoms. The fourth-order valence-corrected chi connectivity index (χ4v) is 3.57. The van der Waals surface area contributed by atoms with Gasteiger partial charge in [0.2, 0.25) is 5.75 Å². The van der Waals surface area contributed by atoms with E-state index in [4.69, 9.17) is 23.7 Å². The summed E-state index contributed by atoms with van der Waals surface area (Å²) >= 11 is 0. The third-order valence-corrected chi connectivity index (χ3v) is 5.31. The van der Waals surface area contributed by atoms with Crippen molar-refractivity contribution >= 4 is 15.7 Å². The van der Waals surface area contributed by atoms with Gasteiger partial charge in [-0.2, -0.15) is 18.4 Å². The van der Waals surface area contributed by atoms with Gasteiger partial charge in [0, 0.05) is 11.6 Å². The maximum Gasteiger partial charge on any atom is 0.280 e. The van der Waals surface area contributed by atoms with E-state index in [2.05, 4.69) is 9.93 Å². The molecule has 0 heterocycles. The molecule has 2 aromatic carbocycles. The quantitative estimate of drug-likeness (QED) is 0.487. The topological polar surface area (TPSA) is 105 Å². The Hall–Kier alpha value is -3.14. The standard InChI is InChI=1S/C19H24N2O7S/c1-12(13-9-16(26-4)19(28-6)17(10-13)27-5)20-21-29(22,23)18-11-14(24-2)7-8-15(18)25-3/h7-11,21H,1-6H3. The van der Waals surface area contributed by atoms with E-state index < -0.39 is 10.0 Å². The van der Waals surface area contributed by atoms with Gasteiger partial charge in [0.25, 0.3) is 10.0 Å². The van der Waals surface area contributed by atoms with Crippen molar-refractivity contribution in [1.29, 1.82) is 0 Å². The van der Waals surface area contributed by atoms with Crippen LogP contribution in [0.5, 0.6) is 28.7 Å². The predicted octanol–water partition coefficient (Wildman–Crippen LogP) is 2.43. The van der Waals surface area contributed by atoms with Crippen LogP contribution in [0.2, 0.25) is 0 Å². The molecular weight excluding hydrogens is 400 g/mol. The lowest BCUT2D eigenvalue weighted by Gasteiger charge is -2.14. The third-order valence-electron chi connectivity index (χ3n) is 4.08. The van der Waals surface area contributed by atoms with Crippen molar-refractivity contribution in [3.8, 4) is 28.7 Å². The minimum Gasteiger partial charge on any atom is -0.497 e. The molecule has 0 spiro atoms. The first-order valence-electron chi connectivity index (χ1n) is 8.39. The van der Waals surface area contributed by atoms with Gasteiger partial charge in [-0.05, 0) is 31.2 Å². The number of nitrogens with one attached hydrogen (secondary N) is 1. The maximum atomic E-state index is 12.7. The molecule has 0 saturated carbocycles. The van der Waals surface area contributed by atoms with Crippen LogP contribution in [-0.4, -0.2) is 49.7 Å². The van der Waals surface area contributed by atoms with E-state index in [1.54, 1.807) is 25.1 Å². The zero-order valence-electron chi connectivity index (χ0n) is 17.1. The van der Waals surface area contributed by atoms with Crippen LogP contribution < -0.4 is 28.5 Å². The van der Waals surface area contributed by atoms with Gasteiger partial charge in [-0.25, -0.2) is 0 Å². The summed E-state index contributed by atoms with van der Waals surface area (Å²) in [6.07, 6.45) is 0. The van der Waals surface area contributed by atoms with Crippen LogP contribution >= 0.6 is 0 Å². The number of ether oxygens (including phenoxy) is 5. The molecule has 0 atom stereocenters. The second kappa shape index (κ2) is 9.37. The summed E-state index contributed by atoms with van der Waals surface area (Å²) in [6, 6.07) is 7.79. The summed E-state index contributed by atoms with van der Waals surface area (Å²) < 4.78 is 51.6. The van der Waals surface area contributed by atoms with Crippen LogP contribution in [0.4, 0.5) is 0 Å². The molecule has 0 saturated heterocycles. The summed E-state index contributed by atoms with van der Waals surface area (Å²) in [6.45, 7) is 1.64. The average molecular weight is 424 g/mol. The molecule has 0 aromatic heterocycles. The number of sulfonamides is 1. The van der Waals surface area contributed by atoms with E-state index in [0.29, 0.717) is 34.3 Å². The zero-order valence-corrected chi connectivity index (χ0v) is 17.9. The number of hydrogen-bond acceptors (Lipinski definition) is 8. The Kier molecular flexibility index (Phi) is 7.16. The Labute approximate surface area is 170 Å². The van der Waals surface area contributed by atoms with E-state index in [0.717, 1.165) is 0 Å². The number of benzene rings is 2. The highest BCUT2D eigenvalue weighted by Gasteiger charge is 2.21. The van der Waals surface area contributed by atoms with Gasteiger partial charge in [0.05, 0.1) is 41.3 Å². The van der Waals surface area contributed by atoms with Gasteiger partial charge in [0.15, 0.2) is 11.5 Å². The van der Waals surface area contributed by atoms with Gasteiger partial charge >= 0.3 is 0 Å². The minimum absolute atomic E-state index is 0.0965. The van der Waals surface area contributed by atoms with Crippen molar-refractivity contribution in [2.45, 2.75) is 11.8 Å². The van der Waals surface area contributed by atoms with Crippen LogP contribution in [0.15, 0.2) is 40.3 Å². The van der Waals surface area contributed by atoms with Gasteiger partial charge in [0.1, 0.15) is 16.4 Å². The van der Waals surface area contributed by atoms with Gasteiger partial charge in [-0.3, -0.25) is 0 Å². The largest absolute Gasteiger partial charge is 0.497 e. The molecule has 0 aliphatic carbocycles. The van der Waals surface area contributed by atoms with Crippen molar-refractivity contribution in [3.63, 3.8) is 0 Å². The lowest BCUT2D eigenvalue weighted by Crippen LogP contribution is -2.20. The number of rotatable bonds is 9. The van der Waals surface area contributed by atoms with Gasteiger partial charge in [-0.15, -0.1) is 0 Å². The first kappa shape index (κ1) is 22.2. The summed E-state index contributed by atoms with van der Waals surface area (Å²) in [7, 11) is 3.29. The van der Waals surface area contributed by atoms with Crippen LogP contribution in [-0.2, 0) is 10.0 Å². The zero-order chi connectivity index (χ0) is 21.6. The maximum absolute atomic E-state index is 12.7. The van der Waals surface area contributed by atoms with E-state index in [1.165, 1.54) is 47.7 Å². The second-order valence-corrected chi connectivity index (χ2v) is 7.35. The molecule has 0 aliphatic rings. The highest BCUT2D eigenvalue weighted by Crippen LogP contribution is 2.38. The Morgan fingerprint density at radius 1 is 0.828 bits per heavy atom. The second-order valence-electron chi connectivity index (χ2n) is 5.72.